The molecular weight excluding hydrogens is 426 g/mol. The number of aromatic nitrogens is 2. The number of amides is 1. The quantitative estimate of drug-likeness (QED) is 0.649. The monoisotopic (exact) mass is 443 g/mol. The zero-order valence-corrected chi connectivity index (χ0v) is 16.7. The summed E-state index contributed by atoms with van der Waals surface area (Å²) in [6, 6.07) is 12.8. The lowest BCUT2D eigenvalue weighted by Crippen LogP contribution is -2.33. The Morgan fingerprint density at radius 1 is 1.32 bits per heavy atom. The number of carbonyl (C=O) groups is 1. The van der Waals surface area contributed by atoms with Crippen LogP contribution in [0.4, 0.5) is 5.69 Å². The molecule has 4 rings (SSSR count). The average Bonchev–Trinajstić information content (AvgIpc) is 3.15. The van der Waals surface area contributed by atoms with Gasteiger partial charge in [0.2, 0.25) is 0 Å². The molecule has 0 fully saturated rings. The number of hydrogen-bond donors (Lipinski definition) is 1. The van der Waals surface area contributed by atoms with Crippen LogP contribution in [0.15, 0.2) is 59.3 Å². The van der Waals surface area contributed by atoms with E-state index in [2.05, 4.69) is 26.3 Å². The summed E-state index contributed by atoms with van der Waals surface area (Å²) in [5, 5.41) is 7.14. The zero-order chi connectivity index (χ0) is 19.5. The molecule has 1 aliphatic rings. The van der Waals surface area contributed by atoms with Gasteiger partial charge in [0.05, 0.1) is 31.1 Å². The summed E-state index contributed by atoms with van der Waals surface area (Å²) < 4.78 is 19.2. The molecule has 0 radical (unpaired) electrons. The summed E-state index contributed by atoms with van der Waals surface area (Å²) in [7, 11) is 1.56. The molecule has 7 nitrogen and oxygen atoms in total. The lowest BCUT2D eigenvalue weighted by atomic mass is 10.2. The molecule has 8 heteroatoms. The Hall–Kier alpha value is -3.00. The molecule has 1 aliphatic heterocycles. The first-order chi connectivity index (χ1) is 13.6. The Morgan fingerprint density at radius 3 is 2.96 bits per heavy atom. The van der Waals surface area contributed by atoms with Gasteiger partial charge >= 0.3 is 0 Å². The fourth-order valence-electron chi connectivity index (χ4n) is 2.89. The van der Waals surface area contributed by atoms with E-state index in [0.29, 0.717) is 34.6 Å². The second kappa shape index (κ2) is 7.93. The minimum Gasteiger partial charge on any atom is -0.497 e. The van der Waals surface area contributed by atoms with Crippen molar-refractivity contribution in [3.05, 3.63) is 64.9 Å². The van der Waals surface area contributed by atoms with Crippen LogP contribution in [0.25, 0.3) is 0 Å². The van der Waals surface area contributed by atoms with Gasteiger partial charge in [-0.25, -0.2) is 0 Å². The minimum atomic E-state index is -0.253. The van der Waals surface area contributed by atoms with E-state index in [1.54, 1.807) is 42.4 Å². The summed E-state index contributed by atoms with van der Waals surface area (Å²) in [6.07, 6.45) is 3.20. The van der Waals surface area contributed by atoms with Gasteiger partial charge in [0.1, 0.15) is 12.4 Å². The molecule has 0 spiro atoms. The van der Waals surface area contributed by atoms with E-state index in [0.717, 1.165) is 11.5 Å². The Kier molecular flexibility index (Phi) is 5.21. The third-order valence-electron chi connectivity index (χ3n) is 4.27. The second-order valence-corrected chi connectivity index (χ2v) is 7.10. The maximum absolute atomic E-state index is 12.6. The Balaban J connectivity index is 1.40. The molecule has 1 atom stereocenters. The predicted molar refractivity (Wildman–Crippen MR) is 107 cm³/mol. The third kappa shape index (κ3) is 3.96. The average molecular weight is 444 g/mol. The van der Waals surface area contributed by atoms with Crippen molar-refractivity contribution in [2.75, 3.05) is 19.0 Å². The molecule has 2 aromatic carbocycles. The summed E-state index contributed by atoms with van der Waals surface area (Å²) in [6.45, 7) is 0.947. The van der Waals surface area contributed by atoms with Crippen molar-refractivity contribution in [2.24, 2.45) is 0 Å². The van der Waals surface area contributed by atoms with Gasteiger partial charge in [0.25, 0.3) is 5.91 Å². The Labute approximate surface area is 170 Å². The van der Waals surface area contributed by atoms with Crippen molar-refractivity contribution in [3.8, 4) is 17.2 Å². The molecule has 0 unspecified atom stereocenters. The first kappa shape index (κ1) is 18.4. The number of fused-ring (bicyclic) bond motifs is 1. The van der Waals surface area contributed by atoms with Gasteiger partial charge in [-0.1, -0.05) is 12.1 Å². The van der Waals surface area contributed by atoms with E-state index in [-0.39, 0.29) is 12.0 Å². The van der Waals surface area contributed by atoms with Crippen molar-refractivity contribution >= 4 is 27.5 Å². The number of rotatable bonds is 5. The topological polar surface area (TPSA) is 74.6 Å². The zero-order valence-electron chi connectivity index (χ0n) is 15.1. The molecule has 0 bridgehead atoms. The molecular formula is C20H18BrN3O4. The summed E-state index contributed by atoms with van der Waals surface area (Å²) in [4.78, 5) is 12.6. The highest BCUT2D eigenvalue weighted by Crippen LogP contribution is 2.31. The third-order valence-corrected chi connectivity index (χ3v) is 4.96. The number of anilines is 1. The van der Waals surface area contributed by atoms with E-state index in [4.69, 9.17) is 14.2 Å². The number of carbonyl (C=O) groups excluding carboxylic acids is 1. The lowest BCUT2D eigenvalue weighted by molar-refractivity contribution is 0.0759. The molecule has 0 saturated heterocycles. The fraction of sp³-hybridized carbons (Fsp3) is 0.200. The van der Waals surface area contributed by atoms with Gasteiger partial charge in [-0.05, 0) is 46.3 Å². The molecule has 1 aromatic heterocycles. The van der Waals surface area contributed by atoms with Crippen LogP contribution in [0.1, 0.15) is 10.4 Å². The normalized spacial score (nSPS) is 15.1. The number of nitrogens with zero attached hydrogens (tertiary/aromatic N) is 2. The number of halogens is 1. The standard InChI is InChI=1S/C20H18BrN3O4/c1-26-14-6-7-17(21)16(8-14)20(25)23-13-9-22-24(10-13)11-15-12-27-18-4-2-3-5-19(18)28-15/h2-10,15H,11-12H2,1H3,(H,23,25)/t15-/m1/s1. The van der Waals surface area contributed by atoms with Gasteiger partial charge < -0.3 is 19.5 Å². The van der Waals surface area contributed by atoms with Crippen LogP contribution in [0.2, 0.25) is 0 Å². The number of benzene rings is 2. The molecule has 1 N–H and O–H groups in total. The van der Waals surface area contributed by atoms with Crippen molar-refractivity contribution in [1.29, 1.82) is 0 Å². The number of para-hydroxylation sites is 2. The van der Waals surface area contributed by atoms with Crippen molar-refractivity contribution in [3.63, 3.8) is 0 Å². The first-order valence-electron chi connectivity index (χ1n) is 8.68. The van der Waals surface area contributed by atoms with Crippen molar-refractivity contribution in [2.45, 2.75) is 12.6 Å². The molecule has 2 heterocycles. The molecule has 1 amide bonds. The molecule has 28 heavy (non-hydrogen) atoms. The number of ether oxygens (including phenoxy) is 3. The lowest BCUT2D eigenvalue weighted by Gasteiger charge is -2.26. The van der Waals surface area contributed by atoms with Crippen LogP contribution in [0.3, 0.4) is 0 Å². The van der Waals surface area contributed by atoms with Crippen LogP contribution >= 0.6 is 15.9 Å². The van der Waals surface area contributed by atoms with Crippen LogP contribution < -0.4 is 19.5 Å². The van der Waals surface area contributed by atoms with E-state index in [1.165, 1.54) is 0 Å². The Bertz CT molecular complexity index is 1000. The second-order valence-electron chi connectivity index (χ2n) is 6.25. The van der Waals surface area contributed by atoms with Crippen LogP contribution in [-0.4, -0.2) is 35.5 Å². The maximum Gasteiger partial charge on any atom is 0.257 e. The number of nitrogens with one attached hydrogen (secondary N) is 1. The van der Waals surface area contributed by atoms with Gasteiger partial charge in [-0.3, -0.25) is 9.48 Å². The molecule has 144 valence electrons. The van der Waals surface area contributed by atoms with Gasteiger partial charge in [-0.2, -0.15) is 5.10 Å². The predicted octanol–water partition coefficient (Wildman–Crippen LogP) is 3.75. The van der Waals surface area contributed by atoms with Gasteiger partial charge in [0, 0.05) is 10.7 Å². The maximum atomic E-state index is 12.6. The summed E-state index contributed by atoms with van der Waals surface area (Å²) in [5.74, 6) is 1.83. The largest absolute Gasteiger partial charge is 0.497 e. The first-order valence-corrected chi connectivity index (χ1v) is 9.47. The van der Waals surface area contributed by atoms with Crippen molar-refractivity contribution < 1.29 is 19.0 Å². The number of methoxy groups -OCH3 is 1. The van der Waals surface area contributed by atoms with E-state index >= 15 is 0 Å². The minimum absolute atomic E-state index is 0.161. The van der Waals surface area contributed by atoms with Crippen LogP contribution in [0.5, 0.6) is 17.2 Å². The highest BCUT2D eigenvalue weighted by molar-refractivity contribution is 9.10. The van der Waals surface area contributed by atoms with Gasteiger partial charge in [-0.15, -0.1) is 0 Å². The smallest absolute Gasteiger partial charge is 0.257 e. The van der Waals surface area contributed by atoms with E-state index in [9.17, 15) is 4.79 Å². The van der Waals surface area contributed by atoms with E-state index < -0.39 is 0 Å². The van der Waals surface area contributed by atoms with Crippen LogP contribution in [0, 0.1) is 0 Å². The number of hydrogen-bond acceptors (Lipinski definition) is 5. The van der Waals surface area contributed by atoms with Gasteiger partial charge in [0.15, 0.2) is 17.6 Å². The molecule has 0 aliphatic carbocycles. The fourth-order valence-corrected chi connectivity index (χ4v) is 3.32. The molecule has 3 aromatic rings. The SMILES string of the molecule is COc1ccc(Br)c(C(=O)Nc2cnn(C[C@@H]3COc4ccccc4O3)c2)c1. The highest BCUT2D eigenvalue weighted by Gasteiger charge is 2.21. The van der Waals surface area contributed by atoms with Crippen LogP contribution in [-0.2, 0) is 6.54 Å². The van der Waals surface area contributed by atoms with E-state index in [1.807, 2.05) is 24.3 Å². The summed E-state index contributed by atoms with van der Waals surface area (Å²) in [5.41, 5.74) is 1.07. The highest BCUT2D eigenvalue weighted by atomic mass is 79.9. The van der Waals surface area contributed by atoms with Crippen molar-refractivity contribution in [1.82, 2.24) is 9.78 Å². The Morgan fingerprint density at radius 2 is 2.14 bits per heavy atom. The molecule has 0 saturated carbocycles. The summed E-state index contributed by atoms with van der Waals surface area (Å²) >= 11 is 3.39.